The third kappa shape index (κ3) is 2.33. The number of imidazole rings is 1. The molecule has 0 amide bonds. The second-order valence-corrected chi connectivity index (χ2v) is 5.73. The lowest BCUT2D eigenvalue weighted by Gasteiger charge is -2.15. The topological polar surface area (TPSA) is 63.0 Å². The van der Waals surface area contributed by atoms with E-state index >= 15 is 0 Å². The normalized spacial score (nSPS) is 18.1. The van der Waals surface area contributed by atoms with Crippen molar-refractivity contribution in [3.05, 3.63) is 54.0 Å². The number of pyridine rings is 1. The predicted octanol–water partition coefficient (Wildman–Crippen LogP) is 2.26. The summed E-state index contributed by atoms with van der Waals surface area (Å²) >= 11 is 0. The van der Waals surface area contributed by atoms with Gasteiger partial charge in [-0.25, -0.2) is 9.97 Å². The fraction of sp³-hybridized carbons (Fsp3) is 0.294. The molecular formula is C17H18N4O. The fourth-order valence-electron chi connectivity index (χ4n) is 3.14. The summed E-state index contributed by atoms with van der Waals surface area (Å²) in [6.45, 7) is 2.00. The van der Waals surface area contributed by atoms with Gasteiger partial charge < -0.3 is 15.0 Å². The number of aromatic nitrogens is 3. The molecular weight excluding hydrogens is 276 g/mol. The van der Waals surface area contributed by atoms with Crippen molar-refractivity contribution in [1.29, 1.82) is 0 Å². The molecule has 0 spiro atoms. The van der Waals surface area contributed by atoms with Crippen LogP contribution in [0.2, 0.25) is 0 Å². The van der Waals surface area contributed by atoms with Crippen LogP contribution in [0.1, 0.15) is 23.9 Å². The SMILES string of the molecule is Oc1ccc(Cc2nc3cccnc3n2C2CCNC2)cc1. The zero-order chi connectivity index (χ0) is 14.9. The van der Waals surface area contributed by atoms with Gasteiger partial charge in [0.2, 0.25) is 0 Å². The van der Waals surface area contributed by atoms with Crippen molar-refractivity contribution in [3.63, 3.8) is 0 Å². The van der Waals surface area contributed by atoms with E-state index in [1.807, 2.05) is 30.5 Å². The maximum atomic E-state index is 9.43. The molecule has 3 heterocycles. The van der Waals surface area contributed by atoms with E-state index in [-0.39, 0.29) is 0 Å². The Morgan fingerprint density at radius 3 is 2.86 bits per heavy atom. The first kappa shape index (κ1) is 13.3. The molecule has 1 saturated heterocycles. The van der Waals surface area contributed by atoms with Crippen molar-refractivity contribution in [2.45, 2.75) is 18.9 Å². The second-order valence-electron chi connectivity index (χ2n) is 5.73. The molecule has 1 fully saturated rings. The third-order valence-electron chi connectivity index (χ3n) is 4.22. The lowest BCUT2D eigenvalue weighted by molar-refractivity contribution is 0.475. The van der Waals surface area contributed by atoms with Crippen molar-refractivity contribution >= 4 is 11.2 Å². The molecule has 1 aromatic carbocycles. The van der Waals surface area contributed by atoms with Gasteiger partial charge in [-0.15, -0.1) is 0 Å². The van der Waals surface area contributed by atoms with Gasteiger partial charge in [0, 0.05) is 19.2 Å². The summed E-state index contributed by atoms with van der Waals surface area (Å²) in [5.74, 6) is 1.33. The molecule has 22 heavy (non-hydrogen) atoms. The molecule has 1 aliphatic rings. The summed E-state index contributed by atoms with van der Waals surface area (Å²) in [6, 6.07) is 11.7. The molecule has 2 N–H and O–H groups in total. The molecule has 112 valence electrons. The average molecular weight is 294 g/mol. The number of aromatic hydroxyl groups is 1. The van der Waals surface area contributed by atoms with Crippen LogP contribution in [-0.2, 0) is 6.42 Å². The lowest BCUT2D eigenvalue weighted by atomic mass is 10.1. The highest BCUT2D eigenvalue weighted by Gasteiger charge is 2.22. The van der Waals surface area contributed by atoms with E-state index in [0.717, 1.165) is 48.5 Å². The van der Waals surface area contributed by atoms with E-state index in [9.17, 15) is 5.11 Å². The molecule has 5 nitrogen and oxygen atoms in total. The van der Waals surface area contributed by atoms with E-state index < -0.39 is 0 Å². The molecule has 1 unspecified atom stereocenters. The van der Waals surface area contributed by atoms with Gasteiger partial charge in [0.1, 0.15) is 17.1 Å². The van der Waals surface area contributed by atoms with Crippen LogP contribution in [0.4, 0.5) is 0 Å². The Kier molecular flexibility index (Phi) is 3.27. The Morgan fingerprint density at radius 2 is 2.09 bits per heavy atom. The number of fused-ring (bicyclic) bond motifs is 1. The number of hydrogen-bond donors (Lipinski definition) is 2. The predicted molar refractivity (Wildman–Crippen MR) is 85.0 cm³/mol. The first-order valence-electron chi connectivity index (χ1n) is 7.62. The molecule has 0 saturated carbocycles. The van der Waals surface area contributed by atoms with E-state index in [1.54, 1.807) is 12.1 Å². The van der Waals surface area contributed by atoms with Crippen molar-refractivity contribution < 1.29 is 5.11 Å². The number of nitrogens with one attached hydrogen (secondary N) is 1. The number of phenols is 1. The van der Waals surface area contributed by atoms with Crippen molar-refractivity contribution in [2.75, 3.05) is 13.1 Å². The maximum absolute atomic E-state index is 9.43. The Hall–Kier alpha value is -2.40. The van der Waals surface area contributed by atoms with Gasteiger partial charge in [-0.3, -0.25) is 0 Å². The molecule has 3 aromatic rings. The summed E-state index contributed by atoms with van der Waals surface area (Å²) in [6.07, 6.45) is 3.67. The number of hydrogen-bond acceptors (Lipinski definition) is 4. The van der Waals surface area contributed by atoms with Crippen LogP contribution in [0.3, 0.4) is 0 Å². The van der Waals surface area contributed by atoms with Crippen LogP contribution >= 0.6 is 0 Å². The Morgan fingerprint density at radius 1 is 1.23 bits per heavy atom. The Labute approximate surface area is 128 Å². The minimum Gasteiger partial charge on any atom is -0.508 e. The van der Waals surface area contributed by atoms with Gasteiger partial charge in [0.25, 0.3) is 0 Å². The van der Waals surface area contributed by atoms with Gasteiger partial charge in [0.15, 0.2) is 5.65 Å². The highest BCUT2D eigenvalue weighted by molar-refractivity contribution is 5.71. The maximum Gasteiger partial charge on any atom is 0.160 e. The van der Waals surface area contributed by atoms with Crippen LogP contribution in [0.25, 0.3) is 11.2 Å². The summed E-state index contributed by atoms with van der Waals surface area (Å²) < 4.78 is 2.28. The van der Waals surface area contributed by atoms with Crippen LogP contribution in [0, 0.1) is 0 Å². The largest absolute Gasteiger partial charge is 0.508 e. The monoisotopic (exact) mass is 294 g/mol. The molecule has 4 rings (SSSR count). The van der Waals surface area contributed by atoms with Crippen LogP contribution in [0.5, 0.6) is 5.75 Å². The summed E-state index contributed by atoms with van der Waals surface area (Å²) in [4.78, 5) is 9.32. The molecule has 5 heteroatoms. The van der Waals surface area contributed by atoms with E-state index in [4.69, 9.17) is 4.98 Å². The fourth-order valence-corrected chi connectivity index (χ4v) is 3.14. The number of phenolic OH excluding ortho intramolecular Hbond substituents is 1. The zero-order valence-electron chi connectivity index (χ0n) is 12.2. The quantitative estimate of drug-likeness (QED) is 0.778. The molecule has 2 aromatic heterocycles. The standard InChI is InChI=1S/C17H18N4O/c22-14-5-3-12(4-6-14)10-16-20-15-2-1-8-19-17(15)21(16)13-7-9-18-11-13/h1-6,8,13,18,22H,7,9-11H2. The Bertz CT molecular complexity index is 788. The van der Waals surface area contributed by atoms with Crippen molar-refractivity contribution in [3.8, 4) is 5.75 Å². The molecule has 0 aliphatic carbocycles. The van der Waals surface area contributed by atoms with Crippen molar-refractivity contribution in [2.24, 2.45) is 0 Å². The van der Waals surface area contributed by atoms with Gasteiger partial charge >= 0.3 is 0 Å². The van der Waals surface area contributed by atoms with Gasteiger partial charge in [-0.1, -0.05) is 12.1 Å². The summed E-state index contributed by atoms with van der Waals surface area (Å²) in [7, 11) is 0. The smallest absolute Gasteiger partial charge is 0.160 e. The molecule has 1 aliphatic heterocycles. The number of rotatable bonds is 3. The minimum absolute atomic E-state index is 0.291. The van der Waals surface area contributed by atoms with Crippen LogP contribution < -0.4 is 5.32 Å². The van der Waals surface area contributed by atoms with Crippen LogP contribution in [0.15, 0.2) is 42.6 Å². The molecule has 1 atom stereocenters. The highest BCUT2D eigenvalue weighted by atomic mass is 16.3. The summed E-state index contributed by atoms with van der Waals surface area (Å²) in [5, 5.41) is 12.8. The zero-order valence-corrected chi connectivity index (χ0v) is 12.2. The van der Waals surface area contributed by atoms with E-state index in [1.165, 1.54) is 0 Å². The lowest BCUT2D eigenvalue weighted by Crippen LogP contribution is -2.16. The van der Waals surface area contributed by atoms with Gasteiger partial charge in [-0.2, -0.15) is 0 Å². The highest BCUT2D eigenvalue weighted by Crippen LogP contribution is 2.25. The number of benzene rings is 1. The minimum atomic E-state index is 0.291. The van der Waals surface area contributed by atoms with Crippen molar-refractivity contribution in [1.82, 2.24) is 19.9 Å². The number of nitrogens with zero attached hydrogens (tertiary/aromatic N) is 3. The Balaban J connectivity index is 1.78. The first-order valence-corrected chi connectivity index (χ1v) is 7.62. The summed E-state index contributed by atoms with van der Waals surface area (Å²) in [5.41, 5.74) is 3.05. The van der Waals surface area contributed by atoms with Crippen LogP contribution in [-0.4, -0.2) is 32.7 Å². The van der Waals surface area contributed by atoms with E-state index in [0.29, 0.717) is 11.8 Å². The first-order chi connectivity index (χ1) is 10.8. The third-order valence-corrected chi connectivity index (χ3v) is 4.22. The van der Waals surface area contributed by atoms with Gasteiger partial charge in [0.05, 0.1) is 6.04 Å². The molecule has 0 bridgehead atoms. The molecule has 0 radical (unpaired) electrons. The second kappa shape index (κ2) is 5.42. The average Bonchev–Trinajstić information content (AvgIpc) is 3.16. The van der Waals surface area contributed by atoms with E-state index in [2.05, 4.69) is 14.9 Å². The van der Waals surface area contributed by atoms with Gasteiger partial charge in [-0.05, 0) is 42.8 Å².